The minimum Gasteiger partial charge on any atom is -0.326 e. The van der Waals surface area contributed by atoms with Crippen LogP contribution in [0.4, 0.5) is 5.69 Å². The van der Waals surface area contributed by atoms with E-state index in [0.29, 0.717) is 38.3 Å². The van der Waals surface area contributed by atoms with Gasteiger partial charge in [-0.25, -0.2) is 0 Å². The van der Waals surface area contributed by atoms with Crippen LogP contribution >= 0.6 is 58.0 Å². The molecule has 1 amide bonds. The Morgan fingerprint density at radius 2 is 1.59 bits per heavy atom. The molecule has 3 nitrogen and oxygen atoms in total. The largest absolute Gasteiger partial charge is 0.326 e. The molecule has 1 aliphatic rings. The molecule has 3 rings (SSSR count). The Hall–Kier alpha value is -0.970. The summed E-state index contributed by atoms with van der Waals surface area (Å²) in [6.07, 6.45) is 5.69. The highest BCUT2D eigenvalue weighted by Gasteiger charge is 2.67. The number of Topliss-reactive ketones (excluding diaryl/α,β-unsaturated/α-hetero) is 1. The van der Waals surface area contributed by atoms with Gasteiger partial charge in [-0.3, -0.25) is 9.59 Å². The van der Waals surface area contributed by atoms with Crippen LogP contribution in [0.2, 0.25) is 15.1 Å². The molecule has 32 heavy (non-hydrogen) atoms. The minimum atomic E-state index is -1.28. The third kappa shape index (κ3) is 6.12. The van der Waals surface area contributed by atoms with Crippen LogP contribution in [0, 0.1) is 5.92 Å². The lowest BCUT2D eigenvalue weighted by Crippen LogP contribution is -2.17. The highest BCUT2D eigenvalue weighted by atomic mass is 35.5. The summed E-state index contributed by atoms with van der Waals surface area (Å²) >= 11 is 31.2. The van der Waals surface area contributed by atoms with Crippen LogP contribution in [0.5, 0.6) is 0 Å². The first-order valence-electron chi connectivity index (χ1n) is 10.6. The van der Waals surface area contributed by atoms with E-state index in [-0.39, 0.29) is 11.7 Å². The van der Waals surface area contributed by atoms with Gasteiger partial charge in [0.2, 0.25) is 5.91 Å². The van der Waals surface area contributed by atoms with Gasteiger partial charge >= 0.3 is 0 Å². The smallest absolute Gasteiger partial charge is 0.231 e. The lowest BCUT2D eigenvalue weighted by Gasteiger charge is -2.09. The molecule has 8 heteroatoms. The lowest BCUT2D eigenvalue weighted by molar-refractivity contribution is -0.117. The van der Waals surface area contributed by atoms with Gasteiger partial charge in [0.05, 0.1) is 10.9 Å². The first-order chi connectivity index (χ1) is 15.1. The lowest BCUT2D eigenvalue weighted by atomic mass is 10.0. The molecule has 1 saturated carbocycles. The van der Waals surface area contributed by atoms with E-state index in [4.69, 9.17) is 58.0 Å². The Labute approximate surface area is 213 Å². The normalized spacial score (nSPS) is 18.9. The van der Waals surface area contributed by atoms with Crippen molar-refractivity contribution in [3.8, 4) is 0 Å². The SMILES string of the molecule is CCCCCCCC(=O)c1cc(NC(=O)C2C(c3cc(Cl)cc(Cl)c3)C2(Cl)Cl)ccc1Cl. The summed E-state index contributed by atoms with van der Waals surface area (Å²) in [5.74, 6) is -1.52. The fourth-order valence-electron chi connectivity index (χ4n) is 3.88. The molecule has 1 fully saturated rings. The number of amides is 1. The van der Waals surface area contributed by atoms with Crippen LogP contribution < -0.4 is 5.32 Å². The van der Waals surface area contributed by atoms with Crippen LogP contribution in [0.1, 0.15) is 67.3 Å². The van der Waals surface area contributed by atoms with E-state index in [0.717, 1.165) is 25.7 Å². The number of ketones is 1. The molecule has 1 N–H and O–H groups in total. The first kappa shape index (κ1) is 25.6. The summed E-state index contributed by atoms with van der Waals surface area (Å²) in [6.45, 7) is 2.15. The number of alkyl halides is 2. The predicted molar refractivity (Wildman–Crippen MR) is 135 cm³/mol. The molecule has 1 aliphatic carbocycles. The third-order valence-corrected chi connectivity index (χ3v) is 7.33. The van der Waals surface area contributed by atoms with Gasteiger partial charge in [0, 0.05) is 33.6 Å². The molecule has 172 valence electrons. The van der Waals surface area contributed by atoms with Crippen LogP contribution in [0.15, 0.2) is 36.4 Å². The van der Waals surface area contributed by atoms with E-state index in [9.17, 15) is 9.59 Å². The number of rotatable bonds is 10. The molecule has 0 bridgehead atoms. The van der Waals surface area contributed by atoms with Gasteiger partial charge in [0.25, 0.3) is 0 Å². The Morgan fingerprint density at radius 3 is 2.25 bits per heavy atom. The van der Waals surface area contributed by atoms with Crippen molar-refractivity contribution in [1.29, 1.82) is 0 Å². The fourth-order valence-corrected chi connectivity index (χ4v) is 5.48. The quantitative estimate of drug-likeness (QED) is 0.188. The number of nitrogens with one attached hydrogen (secondary N) is 1. The molecule has 2 atom stereocenters. The van der Waals surface area contributed by atoms with Crippen molar-refractivity contribution in [3.05, 3.63) is 62.6 Å². The number of anilines is 1. The number of hydrogen-bond acceptors (Lipinski definition) is 2. The van der Waals surface area contributed by atoms with Crippen LogP contribution in [0.25, 0.3) is 0 Å². The summed E-state index contributed by atoms with van der Waals surface area (Å²) in [7, 11) is 0. The van der Waals surface area contributed by atoms with Crippen molar-refractivity contribution in [2.24, 2.45) is 5.92 Å². The standard InChI is InChI=1S/C24H24Cl5NO2/c1-2-3-4-5-6-7-20(31)18-13-17(8-9-19(18)27)30-23(32)22-21(24(22,28)29)14-10-15(25)12-16(26)11-14/h8-13,21-22H,2-7H2,1H3,(H,30,32). The molecule has 2 aromatic rings. The van der Waals surface area contributed by atoms with Crippen molar-refractivity contribution >= 4 is 75.4 Å². The molecular weight excluding hydrogens is 512 g/mol. The monoisotopic (exact) mass is 533 g/mol. The van der Waals surface area contributed by atoms with Gasteiger partial charge < -0.3 is 5.32 Å². The number of carbonyl (C=O) groups is 2. The first-order valence-corrected chi connectivity index (χ1v) is 12.5. The van der Waals surface area contributed by atoms with E-state index >= 15 is 0 Å². The minimum absolute atomic E-state index is 0.0375. The molecule has 0 aliphatic heterocycles. The van der Waals surface area contributed by atoms with Crippen molar-refractivity contribution in [1.82, 2.24) is 0 Å². The van der Waals surface area contributed by atoms with Crippen LogP contribution in [-0.2, 0) is 4.79 Å². The van der Waals surface area contributed by atoms with E-state index in [2.05, 4.69) is 12.2 Å². The molecule has 2 unspecified atom stereocenters. The van der Waals surface area contributed by atoms with Gasteiger partial charge in [-0.2, -0.15) is 0 Å². The van der Waals surface area contributed by atoms with Crippen molar-refractivity contribution in [2.45, 2.75) is 55.7 Å². The van der Waals surface area contributed by atoms with Gasteiger partial charge in [0.1, 0.15) is 4.33 Å². The summed E-state index contributed by atoms with van der Waals surface area (Å²) in [4.78, 5) is 25.5. The molecule has 0 spiro atoms. The number of carbonyl (C=O) groups excluding carboxylic acids is 2. The third-order valence-electron chi connectivity index (χ3n) is 5.62. The summed E-state index contributed by atoms with van der Waals surface area (Å²) < 4.78 is -1.28. The Kier molecular flexibility index (Phi) is 8.79. The zero-order valence-corrected chi connectivity index (χ0v) is 21.3. The van der Waals surface area contributed by atoms with Gasteiger partial charge in [-0.05, 0) is 48.4 Å². The van der Waals surface area contributed by atoms with Crippen LogP contribution in [0.3, 0.4) is 0 Å². The van der Waals surface area contributed by atoms with E-state index in [1.165, 1.54) is 6.42 Å². The van der Waals surface area contributed by atoms with E-state index in [1.54, 1.807) is 36.4 Å². The predicted octanol–water partition coefficient (Wildman–Crippen LogP) is 8.72. The van der Waals surface area contributed by atoms with Crippen LogP contribution in [-0.4, -0.2) is 16.0 Å². The molecule has 0 radical (unpaired) electrons. The van der Waals surface area contributed by atoms with E-state index in [1.807, 2.05) is 0 Å². The van der Waals surface area contributed by atoms with Gasteiger partial charge in [0.15, 0.2) is 5.78 Å². The van der Waals surface area contributed by atoms with E-state index < -0.39 is 16.2 Å². The number of unbranched alkanes of at least 4 members (excludes halogenated alkanes) is 4. The average molecular weight is 536 g/mol. The molecular formula is C24H24Cl5NO2. The zero-order chi connectivity index (χ0) is 23.5. The maximum absolute atomic E-state index is 12.9. The van der Waals surface area contributed by atoms with Gasteiger partial charge in [-0.1, -0.05) is 67.4 Å². The van der Waals surface area contributed by atoms with Crippen molar-refractivity contribution < 1.29 is 9.59 Å². The summed E-state index contributed by atoms with van der Waals surface area (Å²) in [5.41, 5.74) is 1.56. The average Bonchev–Trinajstić information content (AvgIpc) is 3.30. The van der Waals surface area contributed by atoms with Gasteiger partial charge in [-0.15, -0.1) is 23.2 Å². The highest BCUT2D eigenvalue weighted by Crippen LogP contribution is 2.65. The number of halogens is 5. The molecule has 2 aromatic carbocycles. The van der Waals surface area contributed by atoms with Crippen molar-refractivity contribution in [2.75, 3.05) is 5.32 Å². The second-order valence-corrected chi connectivity index (χ2v) is 10.8. The Balaban J connectivity index is 1.67. The number of hydrogen-bond donors (Lipinski definition) is 1. The summed E-state index contributed by atoms with van der Waals surface area (Å²) in [6, 6.07) is 9.86. The molecule has 0 heterocycles. The maximum Gasteiger partial charge on any atom is 0.231 e. The Morgan fingerprint density at radius 1 is 0.938 bits per heavy atom. The van der Waals surface area contributed by atoms with Crippen molar-refractivity contribution in [3.63, 3.8) is 0 Å². The molecule has 0 aromatic heterocycles. The summed E-state index contributed by atoms with van der Waals surface area (Å²) in [5, 5.41) is 4.06. The highest BCUT2D eigenvalue weighted by molar-refractivity contribution is 6.53. The molecule has 0 saturated heterocycles. The second-order valence-electron chi connectivity index (χ2n) is 8.10. The topological polar surface area (TPSA) is 46.2 Å². The Bertz CT molecular complexity index is 988. The number of benzene rings is 2. The zero-order valence-electron chi connectivity index (χ0n) is 17.6. The fraction of sp³-hybridized carbons (Fsp3) is 0.417. The second kappa shape index (κ2) is 11.0. The maximum atomic E-state index is 12.9.